The van der Waals surface area contributed by atoms with Gasteiger partial charge in [0.2, 0.25) is 0 Å². The molecule has 0 nitrogen and oxygen atoms in total. The summed E-state index contributed by atoms with van der Waals surface area (Å²) in [5.74, 6) is 2.96. The third-order valence-corrected chi connectivity index (χ3v) is 5.12. The molecule has 1 saturated carbocycles. The van der Waals surface area contributed by atoms with Gasteiger partial charge in [0.1, 0.15) is 0 Å². The maximum absolute atomic E-state index is 3.96. The van der Waals surface area contributed by atoms with Gasteiger partial charge >= 0.3 is 0 Å². The van der Waals surface area contributed by atoms with Crippen LogP contribution in [0.5, 0.6) is 0 Å². The molecule has 0 heteroatoms. The van der Waals surface area contributed by atoms with Crippen LogP contribution in [0.4, 0.5) is 0 Å². The Morgan fingerprint density at radius 3 is 2.25 bits per heavy atom. The molecule has 1 aliphatic rings. The van der Waals surface area contributed by atoms with E-state index in [2.05, 4.69) is 40.3 Å². The van der Waals surface area contributed by atoms with Crippen LogP contribution < -0.4 is 0 Å². The van der Waals surface area contributed by atoms with Crippen LogP contribution in [0, 0.1) is 23.2 Å². The van der Waals surface area contributed by atoms with E-state index in [9.17, 15) is 0 Å². The summed E-state index contributed by atoms with van der Waals surface area (Å²) in [7, 11) is 0. The third kappa shape index (κ3) is 2.52. The lowest BCUT2D eigenvalue weighted by Gasteiger charge is -2.32. The van der Waals surface area contributed by atoms with Gasteiger partial charge < -0.3 is 0 Å². The van der Waals surface area contributed by atoms with Crippen molar-refractivity contribution in [2.24, 2.45) is 23.2 Å². The van der Waals surface area contributed by atoms with Crippen LogP contribution in [0.25, 0.3) is 0 Å². The lowest BCUT2D eigenvalue weighted by molar-refractivity contribution is 0.198. The SMILES string of the molecule is C=CCC(CC)(CC)C1C(C)C1CCCC. The Morgan fingerprint density at radius 2 is 1.81 bits per heavy atom. The lowest BCUT2D eigenvalue weighted by Crippen LogP contribution is -2.22. The average Bonchev–Trinajstić information content (AvgIpc) is 2.95. The van der Waals surface area contributed by atoms with Gasteiger partial charge in [-0.05, 0) is 48.9 Å². The Labute approximate surface area is 103 Å². The highest BCUT2D eigenvalue weighted by Gasteiger charge is 2.55. The van der Waals surface area contributed by atoms with E-state index < -0.39 is 0 Å². The second-order valence-corrected chi connectivity index (χ2v) is 5.75. The Bertz CT molecular complexity index is 212. The minimum Gasteiger partial charge on any atom is -0.103 e. The molecular formula is C16H30. The summed E-state index contributed by atoms with van der Waals surface area (Å²) >= 11 is 0. The van der Waals surface area contributed by atoms with Crippen LogP contribution in [0.15, 0.2) is 12.7 Å². The van der Waals surface area contributed by atoms with Gasteiger partial charge in [0.05, 0.1) is 0 Å². The Hall–Kier alpha value is -0.260. The molecule has 0 aromatic carbocycles. The maximum atomic E-state index is 3.96. The van der Waals surface area contributed by atoms with Crippen molar-refractivity contribution >= 4 is 0 Å². The predicted molar refractivity (Wildman–Crippen MR) is 73.5 cm³/mol. The molecule has 0 amide bonds. The molecule has 3 atom stereocenters. The van der Waals surface area contributed by atoms with Gasteiger partial charge in [0.25, 0.3) is 0 Å². The third-order valence-electron chi connectivity index (χ3n) is 5.12. The molecule has 0 N–H and O–H groups in total. The second kappa shape index (κ2) is 5.89. The van der Waals surface area contributed by atoms with Crippen LogP contribution in [0.1, 0.15) is 66.2 Å². The van der Waals surface area contributed by atoms with Crippen LogP contribution >= 0.6 is 0 Å². The van der Waals surface area contributed by atoms with E-state index >= 15 is 0 Å². The summed E-state index contributed by atoms with van der Waals surface area (Å²) in [6, 6.07) is 0. The standard InChI is InChI=1S/C16H30/c1-6-10-11-14-13(5)15(14)16(8-3,9-4)12-7-2/h7,13-15H,2,6,8-12H2,1,3-5H3. The van der Waals surface area contributed by atoms with Crippen molar-refractivity contribution in [1.29, 1.82) is 0 Å². The van der Waals surface area contributed by atoms with E-state index in [1.54, 1.807) is 0 Å². The zero-order valence-electron chi connectivity index (χ0n) is 11.8. The van der Waals surface area contributed by atoms with Crippen LogP contribution in [-0.2, 0) is 0 Å². The fourth-order valence-electron chi connectivity index (χ4n) is 3.87. The van der Waals surface area contributed by atoms with Crippen molar-refractivity contribution in [3.05, 3.63) is 12.7 Å². The first-order valence-corrected chi connectivity index (χ1v) is 7.27. The summed E-state index contributed by atoms with van der Waals surface area (Å²) in [6.07, 6.45) is 10.2. The van der Waals surface area contributed by atoms with Gasteiger partial charge in [-0.25, -0.2) is 0 Å². The molecule has 0 saturated heterocycles. The summed E-state index contributed by atoms with van der Waals surface area (Å²) in [4.78, 5) is 0. The molecule has 3 unspecified atom stereocenters. The highest BCUT2D eigenvalue weighted by atomic mass is 14.6. The lowest BCUT2D eigenvalue weighted by atomic mass is 9.73. The molecule has 0 spiro atoms. The second-order valence-electron chi connectivity index (χ2n) is 5.75. The minimum absolute atomic E-state index is 0.569. The molecule has 0 heterocycles. The molecule has 1 rings (SSSR count). The van der Waals surface area contributed by atoms with E-state index in [0.717, 1.165) is 17.8 Å². The number of hydrogen-bond acceptors (Lipinski definition) is 0. The summed E-state index contributed by atoms with van der Waals surface area (Å²) in [5, 5.41) is 0. The molecule has 0 radical (unpaired) electrons. The zero-order chi connectivity index (χ0) is 12.2. The van der Waals surface area contributed by atoms with Gasteiger partial charge in [-0.15, -0.1) is 6.58 Å². The van der Waals surface area contributed by atoms with Crippen LogP contribution in [-0.4, -0.2) is 0 Å². The summed E-state index contributed by atoms with van der Waals surface area (Å²) in [6.45, 7) is 13.5. The normalized spacial score (nSPS) is 29.1. The maximum Gasteiger partial charge on any atom is -0.0235 e. The van der Waals surface area contributed by atoms with Crippen molar-refractivity contribution in [3.63, 3.8) is 0 Å². The van der Waals surface area contributed by atoms with Gasteiger partial charge in [0, 0.05) is 0 Å². The van der Waals surface area contributed by atoms with E-state index in [-0.39, 0.29) is 0 Å². The predicted octanol–water partition coefficient (Wildman–Crippen LogP) is 5.44. The first-order valence-electron chi connectivity index (χ1n) is 7.27. The molecular weight excluding hydrogens is 192 g/mol. The first-order chi connectivity index (χ1) is 7.66. The van der Waals surface area contributed by atoms with Crippen molar-refractivity contribution in [2.45, 2.75) is 66.2 Å². The quantitative estimate of drug-likeness (QED) is 0.480. The van der Waals surface area contributed by atoms with Gasteiger partial charge in [0.15, 0.2) is 0 Å². The van der Waals surface area contributed by atoms with Gasteiger partial charge in [-0.3, -0.25) is 0 Å². The number of unbranched alkanes of at least 4 members (excludes halogenated alkanes) is 1. The van der Waals surface area contributed by atoms with Crippen LogP contribution in [0.2, 0.25) is 0 Å². The van der Waals surface area contributed by atoms with Crippen molar-refractivity contribution in [3.8, 4) is 0 Å². The van der Waals surface area contributed by atoms with Gasteiger partial charge in [-0.1, -0.05) is 46.6 Å². The van der Waals surface area contributed by atoms with Crippen molar-refractivity contribution in [2.75, 3.05) is 0 Å². The largest absolute Gasteiger partial charge is 0.103 e. The minimum atomic E-state index is 0.569. The highest BCUT2D eigenvalue weighted by Crippen LogP contribution is 2.62. The molecule has 94 valence electrons. The van der Waals surface area contributed by atoms with E-state index in [1.165, 1.54) is 38.5 Å². The smallest absolute Gasteiger partial charge is 0.0235 e. The molecule has 0 aromatic heterocycles. The Morgan fingerprint density at radius 1 is 1.19 bits per heavy atom. The molecule has 0 aliphatic heterocycles. The molecule has 16 heavy (non-hydrogen) atoms. The monoisotopic (exact) mass is 222 g/mol. The van der Waals surface area contributed by atoms with Crippen molar-refractivity contribution < 1.29 is 0 Å². The van der Waals surface area contributed by atoms with E-state index in [0.29, 0.717) is 5.41 Å². The molecule has 0 bridgehead atoms. The number of hydrogen-bond donors (Lipinski definition) is 0. The van der Waals surface area contributed by atoms with E-state index in [1.807, 2.05) is 0 Å². The summed E-state index contributed by atoms with van der Waals surface area (Å²) in [5.41, 5.74) is 0.569. The molecule has 1 aliphatic carbocycles. The highest BCUT2D eigenvalue weighted by molar-refractivity contribution is 5.05. The topological polar surface area (TPSA) is 0 Å². The van der Waals surface area contributed by atoms with Crippen LogP contribution in [0.3, 0.4) is 0 Å². The van der Waals surface area contributed by atoms with Crippen molar-refractivity contribution in [1.82, 2.24) is 0 Å². The number of rotatable bonds is 8. The van der Waals surface area contributed by atoms with Gasteiger partial charge in [-0.2, -0.15) is 0 Å². The Balaban J connectivity index is 2.63. The first kappa shape index (κ1) is 13.8. The number of allylic oxidation sites excluding steroid dienone is 1. The average molecular weight is 222 g/mol. The van der Waals surface area contributed by atoms with E-state index in [4.69, 9.17) is 0 Å². The fourth-order valence-corrected chi connectivity index (χ4v) is 3.87. The fraction of sp³-hybridized carbons (Fsp3) is 0.875. The molecule has 1 fully saturated rings. The summed E-state index contributed by atoms with van der Waals surface area (Å²) < 4.78 is 0. The zero-order valence-corrected chi connectivity index (χ0v) is 11.8. The molecule has 0 aromatic rings. The Kier molecular flexibility index (Phi) is 5.08.